The van der Waals surface area contributed by atoms with Crippen molar-refractivity contribution in [3.8, 4) is 5.75 Å². The number of amides is 1. The molecule has 0 spiro atoms. The van der Waals surface area contributed by atoms with Gasteiger partial charge in [-0.25, -0.2) is 0 Å². The summed E-state index contributed by atoms with van der Waals surface area (Å²) in [7, 11) is 0. The second-order valence-electron chi connectivity index (χ2n) is 4.78. The highest BCUT2D eigenvalue weighted by Crippen LogP contribution is 2.27. The van der Waals surface area contributed by atoms with Crippen LogP contribution in [0.5, 0.6) is 5.75 Å². The van der Waals surface area contributed by atoms with Gasteiger partial charge in [0.15, 0.2) is 6.10 Å². The summed E-state index contributed by atoms with van der Waals surface area (Å²) in [5.41, 5.74) is 2.07. The summed E-state index contributed by atoms with van der Waals surface area (Å²) in [6, 6.07) is 13.6. The van der Waals surface area contributed by atoms with Crippen molar-refractivity contribution < 1.29 is 9.53 Å². The maximum Gasteiger partial charge on any atom is 0.261 e. The molecule has 1 aliphatic rings. The Morgan fingerprint density at radius 1 is 1.25 bits per heavy atom. The number of pyridine rings is 1. The van der Waals surface area contributed by atoms with Gasteiger partial charge in [-0.1, -0.05) is 24.3 Å². The minimum Gasteiger partial charge on any atom is -0.480 e. The van der Waals surface area contributed by atoms with Crippen LogP contribution in [0.25, 0.3) is 0 Å². The highest BCUT2D eigenvalue weighted by molar-refractivity contribution is 5.82. The molecule has 1 aromatic heterocycles. The van der Waals surface area contributed by atoms with E-state index in [0.29, 0.717) is 13.0 Å². The normalized spacial score (nSPS) is 16.3. The summed E-state index contributed by atoms with van der Waals surface area (Å²) in [5, 5.41) is 2.90. The first kappa shape index (κ1) is 12.7. The van der Waals surface area contributed by atoms with Crippen LogP contribution in [0.4, 0.5) is 0 Å². The molecule has 0 aliphatic carbocycles. The standard InChI is InChI=1S/C16H16N2O2/c19-16(18-10-8-13-6-3-4-9-17-13)15-11-12-5-1-2-7-14(12)20-15/h1-7,9,15H,8,10-11H2,(H,18,19). The van der Waals surface area contributed by atoms with Gasteiger partial charge in [-0.05, 0) is 23.8 Å². The maximum atomic E-state index is 12.0. The summed E-state index contributed by atoms with van der Waals surface area (Å²) in [6.07, 6.45) is 2.72. The molecule has 3 rings (SSSR count). The topological polar surface area (TPSA) is 51.2 Å². The molecule has 1 amide bonds. The van der Waals surface area contributed by atoms with Crippen molar-refractivity contribution in [3.05, 3.63) is 59.9 Å². The van der Waals surface area contributed by atoms with Gasteiger partial charge in [0.2, 0.25) is 0 Å². The van der Waals surface area contributed by atoms with E-state index in [1.807, 2.05) is 42.5 Å². The second kappa shape index (κ2) is 5.74. The monoisotopic (exact) mass is 268 g/mol. The predicted molar refractivity (Wildman–Crippen MR) is 75.5 cm³/mol. The Balaban J connectivity index is 1.49. The number of nitrogens with zero attached hydrogens (tertiary/aromatic N) is 1. The molecule has 0 saturated heterocycles. The van der Waals surface area contributed by atoms with Gasteiger partial charge in [0, 0.05) is 31.3 Å². The van der Waals surface area contributed by atoms with Crippen LogP contribution in [0.3, 0.4) is 0 Å². The fourth-order valence-electron chi connectivity index (χ4n) is 2.30. The number of rotatable bonds is 4. The summed E-state index contributed by atoms with van der Waals surface area (Å²) in [5.74, 6) is 0.759. The van der Waals surface area contributed by atoms with Gasteiger partial charge in [0.05, 0.1) is 0 Å². The molecule has 1 N–H and O–H groups in total. The van der Waals surface area contributed by atoms with E-state index in [1.54, 1.807) is 6.20 Å². The molecule has 0 saturated carbocycles. The number of carbonyl (C=O) groups excluding carboxylic acids is 1. The fraction of sp³-hybridized carbons (Fsp3) is 0.250. The smallest absolute Gasteiger partial charge is 0.261 e. The molecule has 1 unspecified atom stereocenters. The molecule has 1 atom stereocenters. The average molecular weight is 268 g/mol. The number of ether oxygens (including phenoxy) is 1. The van der Waals surface area contributed by atoms with Crippen molar-refractivity contribution in [1.82, 2.24) is 10.3 Å². The zero-order chi connectivity index (χ0) is 13.8. The molecule has 2 heterocycles. The predicted octanol–water partition coefficient (Wildman–Crippen LogP) is 1.74. The van der Waals surface area contributed by atoms with Crippen LogP contribution in [-0.2, 0) is 17.6 Å². The molecule has 0 bridgehead atoms. The van der Waals surface area contributed by atoms with Crippen molar-refractivity contribution >= 4 is 5.91 Å². The lowest BCUT2D eigenvalue weighted by Crippen LogP contribution is -2.38. The summed E-state index contributed by atoms with van der Waals surface area (Å²) in [4.78, 5) is 16.3. The van der Waals surface area contributed by atoms with E-state index >= 15 is 0 Å². The summed E-state index contributed by atoms with van der Waals surface area (Å²) in [6.45, 7) is 0.575. The number of hydrogen-bond acceptors (Lipinski definition) is 3. The van der Waals surface area contributed by atoms with E-state index in [-0.39, 0.29) is 5.91 Å². The minimum absolute atomic E-state index is 0.0582. The average Bonchev–Trinajstić information content (AvgIpc) is 2.92. The van der Waals surface area contributed by atoms with Crippen molar-refractivity contribution in [1.29, 1.82) is 0 Å². The van der Waals surface area contributed by atoms with Crippen LogP contribution in [-0.4, -0.2) is 23.5 Å². The molecule has 2 aromatic rings. The lowest BCUT2D eigenvalue weighted by atomic mass is 10.1. The minimum atomic E-state index is -0.406. The Morgan fingerprint density at radius 2 is 2.10 bits per heavy atom. The zero-order valence-electron chi connectivity index (χ0n) is 11.1. The first-order valence-electron chi connectivity index (χ1n) is 6.75. The Labute approximate surface area is 117 Å². The van der Waals surface area contributed by atoms with E-state index in [0.717, 1.165) is 23.4 Å². The van der Waals surface area contributed by atoms with Gasteiger partial charge in [-0.2, -0.15) is 0 Å². The molecule has 0 fully saturated rings. The number of hydrogen-bond donors (Lipinski definition) is 1. The Morgan fingerprint density at radius 3 is 2.90 bits per heavy atom. The first-order valence-corrected chi connectivity index (χ1v) is 6.75. The zero-order valence-corrected chi connectivity index (χ0v) is 11.1. The number of para-hydroxylation sites is 1. The Kier molecular flexibility index (Phi) is 3.63. The quantitative estimate of drug-likeness (QED) is 0.919. The second-order valence-corrected chi connectivity index (χ2v) is 4.78. The molecule has 102 valence electrons. The highest BCUT2D eigenvalue weighted by atomic mass is 16.5. The molecule has 4 heteroatoms. The Hall–Kier alpha value is -2.36. The van der Waals surface area contributed by atoms with Crippen molar-refractivity contribution in [2.24, 2.45) is 0 Å². The van der Waals surface area contributed by atoms with E-state index in [9.17, 15) is 4.79 Å². The van der Waals surface area contributed by atoms with Crippen molar-refractivity contribution in [3.63, 3.8) is 0 Å². The van der Waals surface area contributed by atoms with Gasteiger partial charge in [0.1, 0.15) is 5.75 Å². The summed E-state index contributed by atoms with van der Waals surface area (Å²) < 4.78 is 5.64. The number of nitrogens with one attached hydrogen (secondary N) is 1. The maximum absolute atomic E-state index is 12.0. The SMILES string of the molecule is O=C(NCCc1ccccn1)C1Cc2ccccc2O1. The first-order chi connectivity index (χ1) is 9.83. The van der Waals surface area contributed by atoms with Crippen LogP contribution in [0.15, 0.2) is 48.7 Å². The lowest BCUT2D eigenvalue weighted by molar-refractivity contribution is -0.127. The van der Waals surface area contributed by atoms with Crippen LogP contribution < -0.4 is 10.1 Å². The van der Waals surface area contributed by atoms with Crippen LogP contribution >= 0.6 is 0 Å². The van der Waals surface area contributed by atoms with Gasteiger partial charge < -0.3 is 10.1 Å². The number of benzene rings is 1. The fourth-order valence-corrected chi connectivity index (χ4v) is 2.30. The lowest BCUT2D eigenvalue weighted by Gasteiger charge is -2.11. The molecule has 20 heavy (non-hydrogen) atoms. The van der Waals surface area contributed by atoms with Gasteiger partial charge in [0.25, 0.3) is 5.91 Å². The number of aromatic nitrogens is 1. The van der Waals surface area contributed by atoms with Crippen molar-refractivity contribution in [2.75, 3.05) is 6.54 Å². The van der Waals surface area contributed by atoms with E-state index in [4.69, 9.17) is 4.74 Å². The van der Waals surface area contributed by atoms with Crippen LogP contribution in [0.2, 0.25) is 0 Å². The third kappa shape index (κ3) is 2.79. The molecule has 0 radical (unpaired) electrons. The molecular formula is C16H16N2O2. The van der Waals surface area contributed by atoms with Crippen molar-refractivity contribution in [2.45, 2.75) is 18.9 Å². The molecule has 4 nitrogen and oxygen atoms in total. The van der Waals surface area contributed by atoms with Crippen LogP contribution in [0, 0.1) is 0 Å². The number of carbonyl (C=O) groups is 1. The van der Waals surface area contributed by atoms with Gasteiger partial charge in [-0.15, -0.1) is 0 Å². The number of fused-ring (bicyclic) bond motifs is 1. The highest BCUT2D eigenvalue weighted by Gasteiger charge is 2.28. The molecular weight excluding hydrogens is 252 g/mol. The van der Waals surface area contributed by atoms with Gasteiger partial charge >= 0.3 is 0 Å². The largest absolute Gasteiger partial charge is 0.480 e. The Bertz CT molecular complexity index is 573. The van der Waals surface area contributed by atoms with Crippen LogP contribution in [0.1, 0.15) is 11.3 Å². The molecule has 1 aliphatic heterocycles. The van der Waals surface area contributed by atoms with E-state index in [2.05, 4.69) is 10.3 Å². The van der Waals surface area contributed by atoms with E-state index < -0.39 is 6.10 Å². The molecule has 1 aromatic carbocycles. The summed E-state index contributed by atoms with van der Waals surface area (Å²) >= 11 is 0. The van der Waals surface area contributed by atoms with E-state index in [1.165, 1.54) is 0 Å². The third-order valence-electron chi connectivity index (χ3n) is 3.35. The third-order valence-corrected chi connectivity index (χ3v) is 3.35. The van der Waals surface area contributed by atoms with Gasteiger partial charge in [-0.3, -0.25) is 9.78 Å².